The van der Waals surface area contributed by atoms with Crippen molar-refractivity contribution in [3.63, 3.8) is 0 Å². The van der Waals surface area contributed by atoms with E-state index in [0.29, 0.717) is 5.75 Å². The van der Waals surface area contributed by atoms with Gasteiger partial charge in [0, 0.05) is 25.0 Å². The van der Waals surface area contributed by atoms with Crippen LogP contribution >= 0.6 is 23.4 Å². The van der Waals surface area contributed by atoms with E-state index in [4.69, 9.17) is 17.4 Å². The summed E-state index contributed by atoms with van der Waals surface area (Å²) in [7, 11) is -2.06. The number of nitrogen functional groups attached to an aromatic ring is 1. The molecule has 1 unspecified atom stereocenters. The first-order valence-electron chi connectivity index (χ1n) is 5.43. The second kappa shape index (κ2) is 6.76. The lowest BCUT2D eigenvalue weighted by molar-refractivity contribution is 0.415. The monoisotopic (exact) mass is 324 g/mol. The molecule has 1 atom stereocenters. The third-order valence-corrected chi connectivity index (χ3v) is 5.70. The van der Waals surface area contributed by atoms with Gasteiger partial charge >= 0.3 is 0 Å². The Morgan fingerprint density at radius 2 is 2.26 bits per heavy atom. The number of nitrogens with two attached hydrogens (primary N) is 1. The predicted molar refractivity (Wildman–Crippen MR) is 79.8 cm³/mol. The summed E-state index contributed by atoms with van der Waals surface area (Å²) >= 11 is 7.47. The van der Waals surface area contributed by atoms with Crippen LogP contribution < -0.4 is 11.3 Å². The average molecular weight is 325 g/mol. The van der Waals surface area contributed by atoms with Gasteiger partial charge in [-0.2, -0.15) is 16.1 Å². The highest BCUT2D eigenvalue weighted by Gasteiger charge is 2.26. The van der Waals surface area contributed by atoms with Crippen LogP contribution in [0.25, 0.3) is 0 Å². The van der Waals surface area contributed by atoms with Gasteiger partial charge in [-0.15, -0.1) is 0 Å². The molecule has 0 aliphatic carbocycles. The maximum absolute atomic E-state index is 12.4. The van der Waals surface area contributed by atoms with Gasteiger partial charge in [0.15, 0.2) is 5.82 Å². The molecule has 0 amide bonds. The minimum Gasteiger partial charge on any atom is -0.307 e. The van der Waals surface area contributed by atoms with Gasteiger partial charge in [-0.3, -0.25) is 0 Å². The summed E-state index contributed by atoms with van der Waals surface area (Å²) in [6.07, 6.45) is 3.16. The number of hydrogen-bond donors (Lipinski definition) is 2. The van der Waals surface area contributed by atoms with E-state index < -0.39 is 10.0 Å². The van der Waals surface area contributed by atoms with Crippen LogP contribution in [-0.2, 0) is 10.0 Å². The predicted octanol–water partition coefficient (Wildman–Crippen LogP) is 1.39. The molecule has 0 aliphatic rings. The number of hydrogen-bond acceptors (Lipinski definition) is 6. The molecule has 108 valence electrons. The third kappa shape index (κ3) is 3.73. The zero-order chi connectivity index (χ0) is 14.6. The summed E-state index contributed by atoms with van der Waals surface area (Å²) in [6, 6.07) is 1.22. The third-order valence-electron chi connectivity index (χ3n) is 2.66. The molecular formula is C10H17ClN4O2S2. The van der Waals surface area contributed by atoms with Crippen molar-refractivity contribution in [2.75, 3.05) is 24.5 Å². The van der Waals surface area contributed by atoms with Crippen molar-refractivity contribution >= 4 is 39.2 Å². The number of thioether (sulfide) groups is 1. The fourth-order valence-electron chi connectivity index (χ4n) is 1.42. The number of sulfonamides is 1. The van der Waals surface area contributed by atoms with Crippen LogP contribution in [0.15, 0.2) is 17.2 Å². The number of rotatable bonds is 6. The minimum atomic E-state index is -3.60. The minimum absolute atomic E-state index is 0.0481. The highest BCUT2D eigenvalue weighted by Crippen LogP contribution is 2.24. The topological polar surface area (TPSA) is 88.3 Å². The molecule has 0 saturated heterocycles. The van der Waals surface area contributed by atoms with E-state index in [2.05, 4.69) is 10.4 Å². The SMILES string of the molecule is CSCC(C)N(C)S(=O)(=O)c1cnc(NN)c(Cl)c1. The maximum Gasteiger partial charge on any atom is 0.244 e. The lowest BCUT2D eigenvalue weighted by Crippen LogP contribution is -2.36. The van der Waals surface area contributed by atoms with Gasteiger partial charge in [0.1, 0.15) is 4.90 Å². The van der Waals surface area contributed by atoms with Gasteiger partial charge in [-0.1, -0.05) is 11.6 Å². The Morgan fingerprint density at radius 3 is 2.74 bits per heavy atom. The van der Waals surface area contributed by atoms with Crippen LogP contribution in [0.1, 0.15) is 6.92 Å². The molecule has 9 heteroatoms. The summed E-state index contributed by atoms with van der Waals surface area (Å²) in [5.41, 5.74) is 2.29. The average Bonchev–Trinajstić information content (AvgIpc) is 2.37. The molecule has 0 bridgehead atoms. The number of nitrogens with zero attached hydrogens (tertiary/aromatic N) is 2. The fourth-order valence-corrected chi connectivity index (χ4v) is 3.84. The Kier molecular flexibility index (Phi) is 5.87. The van der Waals surface area contributed by atoms with Gasteiger partial charge in [-0.25, -0.2) is 19.2 Å². The number of pyridine rings is 1. The van der Waals surface area contributed by atoms with Crippen molar-refractivity contribution in [1.29, 1.82) is 0 Å². The molecule has 1 rings (SSSR count). The highest BCUT2D eigenvalue weighted by atomic mass is 35.5. The highest BCUT2D eigenvalue weighted by molar-refractivity contribution is 7.98. The molecule has 6 nitrogen and oxygen atoms in total. The Balaban J connectivity index is 3.10. The molecule has 1 aromatic rings. The van der Waals surface area contributed by atoms with Crippen LogP contribution in [0.2, 0.25) is 5.02 Å². The lowest BCUT2D eigenvalue weighted by Gasteiger charge is -2.23. The van der Waals surface area contributed by atoms with E-state index in [1.54, 1.807) is 18.8 Å². The van der Waals surface area contributed by atoms with Crippen molar-refractivity contribution in [3.8, 4) is 0 Å². The molecule has 0 spiro atoms. The number of halogens is 1. The summed E-state index contributed by atoms with van der Waals surface area (Å²) in [6.45, 7) is 1.85. The summed E-state index contributed by atoms with van der Waals surface area (Å²) < 4.78 is 26.0. The van der Waals surface area contributed by atoms with E-state index in [9.17, 15) is 8.42 Å². The molecule has 1 heterocycles. The largest absolute Gasteiger partial charge is 0.307 e. The molecule has 19 heavy (non-hydrogen) atoms. The van der Waals surface area contributed by atoms with Gasteiger partial charge < -0.3 is 5.43 Å². The van der Waals surface area contributed by atoms with Crippen LogP contribution in [0.5, 0.6) is 0 Å². The second-order valence-electron chi connectivity index (χ2n) is 3.97. The van der Waals surface area contributed by atoms with E-state index in [-0.39, 0.29) is 21.8 Å². The molecule has 0 saturated carbocycles. The standard InChI is InChI=1S/C10H17ClN4O2S2/c1-7(6-18-3)15(2)19(16,17)8-4-9(11)10(14-12)13-5-8/h4-5,7H,6,12H2,1-3H3,(H,13,14). The van der Waals surface area contributed by atoms with E-state index in [1.165, 1.54) is 16.6 Å². The molecule has 0 radical (unpaired) electrons. The molecule has 1 aromatic heterocycles. The van der Waals surface area contributed by atoms with Crippen molar-refractivity contribution in [3.05, 3.63) is 17.3 Å². The first kappa shape index (κ1) is 16.5. The molecule has 0 fully saturated rings. The molecular weight excluding hydrogens is 308 g/mol. The van der Waals surface area contributed by atoms with Crippen LogP contribution in [0.4, 0.5) is 5.82 Å². The van der Waals surface area contributed by atoms with E-state index >= 15 is 0 Å². The van der Waals surface area contributed by atoms with Crippen LogP contribution in [0, 0.1) is 0 Å². The van der Waals surface area contributed by atoms with Crippen molar-refractivity contribution in [2.45, 2.75) is 17.9 Å². The number of aromatic nitrogens is 1. The maximum atomic E-state index is 12.4. The Morgan fingerprint density at radius 1 is 1.63 bits per heavy atom. The summed E-state index contributed by atoms with van der Waals surface area (Å²) in [5, 5.41) is 0.162. The first-order valence-corrected chi connectivity index (χ1v) is 8.65. The number of nitrogens with one attached hydrogen (secondary N) is 1. The second-order valence-corrected chi connectivity index (χ2v) is 7.29. The molecule has 0 aromatic carbocycles. The Labute approximate surface area is 122 Å². The summed E-state index contributed by atoms with van der Waals surface area (Å²) in [5.74, 6) is 6.14. The molecule has 3 N–H and O–H groups in total. The number of hydrazine groups is 1. The van der Waals surface area contributed by atoms with Crippen molar-refractivity contribution < 1.29 is 8.42 Å². The van der Waals surface area contributed by atoms with Gasteiger partial charge in [0.2, 0.25) is 10.0 Å². The first-order chi connectivity index (χ1) is 8.84. The van der Waals surface area contributed by atoms with E-state index in [0.717, 1.165) is 0 Å². The van der Waals surface area contributed by atoms with Gasteiger partial charge in [0.25, 0.3) is 0 Å². The Hall–Kier alpha value is -0.540. The number of anilines is 1. The zero-order valence-corrected chi connectivity index (χ0v) is 13.3. The molecule has 0 aliphatic heterocycles. The van der Waals surface area contributed by atoms with Gasteiger partial charge in [0.05, 0.1) is 5.02 Å². The van der Waals surface area contributed by atoms with E-state index in [1.807, 2.05) is 13.2 Å². The lowest BCUT2D eigenvalue weighted by atomic mass is 10.4. The smallest absolute Gasteiger partial charge is 0.244 e. The summed E-state index contributed by atoms with van der Waals surface area (Å²) in [4.78, 5) is 3.92. The fraction of sp³-hybridized carbons (Fsp3) is 0.500. The van der Waals surface area contributed by atoms with Gasteiger partial charge in [-0.05, 0) is 19.2 Å². The zero-order valence-electron chi connectivity index (χ0n) is 10.9. The van der Waals surface area contributed by atoms with Crippen LogP contribution in [0.3, 0.4) is 0 Å². The van der Waals surface area contributed by atoms with Crippen molar-refractivity contribution in [2.24, 2.45) is 5.84 Å². The Bertz CT molecular complexity index is 538. The van der Waals surface area contributed by atoms with Crippen molar-refractivity contribution in [1.82, 2.24) is 9.29 Å². The van der Waals surface area contributed by atoms with Crippen LogP contribution in [-0.4, -0.2) is 42.8 Å². The quantitative estimate of drug-likeness (QED) is 0.607. The normalized spacial score (nSPS) is 13.6.